The van der Waals surface area contributed by atoms with Crippen LogP contribution in [0.4, 0.5) is 11.4 Å². The Morgan fingerprint density at radius 1 is 0.679 bits per heavy atom. The Balaban J connectivity index is 1.77. The zero-order chi connectivity index (χ0) is 19.9. The van der Waals surface area contributed by atoms with Gasteiger partial charge in [0.2, 0.25) is 0 Å². The quantitative estimate of drug-likeness (QED) is 0.434. The normalized spacial score (nSPS) is 11.1. The van der Waals surface area contributed by atoms with Crippen molar-refractivity contribution in [3.05, 3.63) is 109 Å². The molecule has 0 amide bonds. The van der Waals surface area contributed by atoms with E-state index in [-0.39, 0.29) is 11.4 Å². The third-order valence-electron chi connectivity index (χ3n) is 3.88. The lowest BCUT2D eigenvalue weighted by atomic mass is 10.1. The molecule has 0 aliphatic heterocycles. The van der Waals surface area contributed by atoms with Gasteiger partial charge in [0.1, 0.15) is 0 Å². The summed E-state index contributed by atoms with van der Waals surface area (Å²) >= 11 is 0. The Morgan fingerprint density at radius 3 is 1.71 bits per heavy atom. The SMILES string of the molecule is O=[N+]([O-])c1cccc(/C=C/c2ccnc(/C=C/c3cccc([N+](=O)[O-])c3)c2)c1. The van der Waals surface area contributed by atoms with Crippen LogP contribution in [0, 0.1) is 20.2 Å². The van der Waals surface area contributed by atoms with E-state index < -0.39 is 9.85 Å². The summed E-state index contributed by atoms with van der Waals surface area (Å²) in [6.45, 7) is 0. The van der Waals surface area contributed by atoms with Crippen LogP contribution in [0.3, 0.4) is 0 Å². The van der Waals surface area contributed by atoms with Gasteiger partial charge in [-0.1, -0.05) is 42.5 Å². The number of nitrogens with zero attached hydrogens (tertiary/aromatic N) is 3. The van der Waals surface area contributed by atoms with E-state index in [0.717, 1.165) is 11.1 Å². The molecule has 0 saturated heterocycles. The van der Waals surface area contributed by atoms with E-state index in [9.17, 15) is 20.2 Å². The summed E-state index contributed by atoms with van der Waals surface area (Å²) < 4.78 is 0. The van der Waals surface area contributed by atoms with Gasteiger partial charge < -0.3 is 0 Å². The molecule has 0 N–H and O–H groups in total. The Morgan fingerprint density at radius 2 is 1.18 bits per heavy atom. The summed E-state index contributed by atoms with van der Waals surface area (Å²) in [5.41, 5.74) is 3.06. The van der Waals surface area contributed by atoms with Crippen molar-refractivity contribution in [1.82, 2.24) is 4.98 Å². The van der Waals surface area contributed by atoms with E-state index in [1.807, 2.05) is 18.2 Å². The van der Waals surface area contributed by atoms with Crippen molar-refractivity contribution in [2.24, 2.45) is 0 Å². The van der Waals surface area contributed by atoms with Crippen LogP contribution in [-0.2, 0) is 0 Å². The molecule has 138 valence electrons. The molecule has 1 heterocycles. The van der Waals surface area contributed by atoms with Gasteiger partial charge in [0.05, 0.1) is 15.5 Å². The van der Waals surface area contributed by atoms with E-state index in [2.05, 4.69) is 4.98 Å². The topological polar surface area (TPSA) is 99.2 Å². The standard InChI is InChI=1S/C21H15N3O4/c25-23(26)20-5-1-3-16(14-20)7-8-18-11-12-22-19(13-18)10-9-17-4-2-6-21(15-17)24(27)28/h1-15H/b8-7+,10-9+. The highest BCUT2D eigenvalue weighted by Gasteiger charge is 2.04. The second-order valence-electron chi connectivity index (χ2n) is 5.88. The van der Waals surface area contributed by atoms with E-state index in [4.69, 9.17) is 0 Å². The number of nitro groups is 2. The third kappa shape index (κ3) is 4.95. The fraction of sp³-hybridized carbons (Fsp3) is 0. The Labute approximate surface area is 160 Å². The van der Waals surface area contributed by atoms with Crippen LogP contribution in [0.25, 0.3) is 24.3 Å². The highest BCUT2D eigenvalue weighted by Crippen LogP contribution is 2.17. The summed E-state index contributed by atoms with van der Waals surface area (Å²) in [6.07, 6.45) is 8.80. The molecule has 0 fully saturated rings. The van der Waals surface area contributed by atoms with Crippen molar-refractivity contribution >= 4 is 35.7 Å². The van der Waals surface area contributed by atoms with Crippen LogP contribution in [0.5, 0.6) is 0 Å². The fourth-order valence-electron chi connectivity index (χ4n) is 2.52. The van der Waals surface area contributed by atoms with Gasteiger partial charge in [-0.3, -0.25) is 25.2 Å². The molecule has 0 radical (unpaired) electrons. The van der Waals surface area contributed by atoms with Gasteiger partial charge in [-0.2, -0.15) is 0 Å². The summed E-state index contributed by atoms with van der Waals surface area (Å²) in [5.74, 6) is 0. The minimum Gasteiger partial charge on any atom is -0.258 e. The molecule has 0 saturated carbocycles. The summed E-state index contributed by atoms with van der Waals surface area (Å²) in [6, 6.07) is 16.4. The average Bonchev–Trinajstić information content (AvgIpc) is 2.71. The minimum absolute atomic E-state index is 0.0312. The van der Waals surface area contributed by atoms with Gasteiger partial charge in [-0.15, -0.1) is 0 Å². The molecular weight excluding hydrogens is 358 g/mol. The lowest BCUT2D eigenvalue weighted by Gasteiger charge is -1.98. The van der Waals surface area contributed by atoms with E-state index in [0.29, 0.717) is 11.3 Å². The molecule has 2 aromatic carbocycles. The predicted octanol–water partition coefficient (Wildman–Crippen LogP) is 5.24. The molecule has 0 aliphatic rings. The number of hydrogen-bond acceptors (Lipinski definition) is 5. The summed E-state index contributed by atoms with van der Waals surface area (Å²) in [5, 5.41) is 21.7. The molecular formula is C21H15N3O4. The van der Waals surface area contributed by atoms with Crippen molar-refractivity contribution in [1.29, 1.82) is 0 Å². The van der Waals surface area contributed by atoms with Crippen molar-refractivity contribution in [2.75, 3.05) is 0 Å². The fourth-order valence-corrected chi connectivity index (χ4v) is 2.52. The maximum absolute atomic E-state index is 10.8. The molecule has 0 bridgehead atoms. The maximum atomic E-state index is 10.8. The number of rotatable bonds is 6. The molecule has 0 unspecified atom stereocenters. The molecule has 3 aromatic rings. The van der Waals surface area contributed by atoms with E-state index >= 15 is 0 Å². The lowest BCUT2D eigenvalue weighted by molar-refractivity contribution is -0.385. The number of hydrogen-bond donors (Lipinski definition) is 0. The Hall–Kier alpha value is -4.13. The molecule has 0 aliphatic carbocycles. The predicted molar refractivity (Wildman–Crippen MR) is 108 cm³/mol. The number of aromatic nitrogens is 1. The van der Waals surface area contributed by atoms with Gasteiger partial charge in [-0.05, 0) is 34.9 Å². The smallest absolute Gasteiger partial charge is 0.258 e. The first kappa shape index (κ1) is 18.7. The molecule has 0 spiro atoms. The van der Waals surface area contributed by atoms with Crippen molar-refractivity contribution < 1.29 is 9.85 Å². The Bertz CT molecular complexity index is 1010. The average molecular weight is 373 g/mol. The highest BCUT2D eigenvalue weighted by molar-refractivity contribution is 5.73. The summed E-state index contributed by atoms with van der Waals surface area (Å²) in [7, 11) is 0. The van der Waals surface area contributed by atoms with Crippen LogP contribution < -0.4 is 0 Å². The van der Waals surface area contributed by atoms with Crippen molar-refractivity contribution in [2.45, 2.75) is 0 Å². The molecule has 7 heteroatoms. The zero-order valence-corrected chi connectivity index (χ0v) is 14.6. The van der Waals surface area contributed by atoms with Crippen molar-refractivity contribution in [3.63, 3.8) is 0 Å². The van der Waals surface area contributed by atoms with Crippen LogP contribution in [-0.4, -0.2) is 14.8 Å². The van der Waals surface area contributed by atoms with Crippen LogP contribution in [0.2, 0.25) is 0 Å². The van der Waals surface area contributed by atoms with Crippen LogP contribution in [0.1, 0.15) is 22.4 Å². The van der Waals surface area contributed by atoms with Crippen LogP contribution >= 0.6 is 0 Å². The monoisotopic (exact) mass is 373 g/mol. The molecule has 1 aromatic heterocycles. The molecule has 28 heavy (non-hydrogen) atoms. The van der Waals surface area contributed by atoms with E-state index in [1.165, 1.54) is 24.3 Å². The molecule has 0 atom stereocenters. The zero-order valence-electron chi connectivity index (χ0n) is 14.6. The van der Waals surface area contributed by atoms with Gasteiger partial charge in [0, 0.05) is 30.5 Å². The second kappa shape index (κ2) is 8.50. The number of pyridine rings is 1. The first-order valence-corrected chi connectivity index (χ1v) is 8.32. The first-order chi connectivity index (χ1) is 13.5. The van der Waals surface area contributed by atoms with Gasteiger partial charge in [0.15, 0.2) is 0 Å². The van der Waals surface area contributed by atoms with Gasteiger partial charge in [0.25, 0.3) is 11.4 Å². The molecule has 3 rings (SSSR count). The Kier molecular flexibility index (Phi) is 5.66. The first-order valence-electron chi connectivity index (χ1n) is 8.32. The van der Waals surface area contributed by atoms with Gasteiger partial charge >= 0.3 is 0 Å². The highest BCUT2D eigenvalue weighted by atomic mass is 16.6. The number of benzene rings is 2. The van der Waals surface area contributed by atoms with E-state index in [1.54, 1.807) is 48.7 Å². The maximum Gasteiger partial charge on any atom is 0.270 e. The largest absolute Gasteiger partial charge is 0.270 e. The minimum atomic E-state index is -0.436. The van der Waals surface area contributed by atoms with Gasteiger partial charge in [-0.25, -0.2) is 0 Å². The molecule has 7 nitrogen and oxygen atoms in total. The second-order valence-corrected chi connectivity index (χ2v) is 5.88. The third-order valence-corrected chi connectivity index (χ3v) is 3.88. The lowest BCUT2D eigenvalue weighted by Crippen LogP contribution is -1.87. The van der Waals surface area contributed by atoms with Crippen molar-refractivity contribution in [3.8, 4) is 0 Å². The number of nitro benzene ring substituents is 2. The van der Waals surface area contributed by atoms with Crippen LogP contribution in [0.15, 0.2) is 66.9 Å². The summed E-state index contributed by atoms with van der Waals surface area (Å²) in [4.78, 5) is 25.1. The number of non-ortho nitro benzene ring substituents is 2.